The number of hydrogen-bond donors (Lipinski definition) is 0. The molecular weight excluding hydrogens is 717 g/mol. The lowest BCUT2D eigenvalue weighted by Gasteiger charge is -2.28. The van der Waals surface area contributed by atoms with Gasteiger partial charge in [-0.3, -0.25) is 0 Å². The maximum Gasteiger partial charge on any atom is 0.143 e. The first-order valence-corrected chi connectivity index (χ1v) is 20.2. The van der Waals surface area contributed by atoms with Crippen molar-refractivity contribution in [3.8, 4) is 27.9 Å². The van der Waals surface area contributed by atoms with Crippen LogP contribution in [0.15, 0.2) is 223 Å². The van der Waals surface area contributed by atoms with Gasteiger partial charge in [0.2, 0.25) is 0 Å². The van der Waals surface area contributed by atoms with Gasteiger partial charge >= 0.3 is 0 Å². The molecule has 12 rings (SSSR count). The largest absolute Gasteiger partial charge is 0.455 e. The maximum absolute atomic E-state index is 6.81. The van der Waals surface area contributed by atoms with E-state index in [-0.39, 0.29) is 0 Å². The van der Waals surface area contributed by atoms with Crippen molar-refractivity contribution >= 4 is 82.4 Å². The highest BCUT2D eigenvalue weighted by Gasteiger charge is 2.25. The molecule has 2 aromatic heterocycles. The van der Waals surface area contributed by atoms with Gasteiger partial charge in [0.05, 0.1) is 27.8 Å². The molecule has 0 aliphatic rings. The highest BCUT2D eigenvalue weighted by Crippen LogP contribution is 2.49. The second-order valence-corrected chi connectivity index (χ2v) is 15.3. The topological polar surface area (TPSA) is 21.3 Å². The number of anilines is 3. The molecule has 0 bridgehead atoms. The van der Waals surface area contributed by atoms with Crippen LogP contribution < -0.4 is 4.90 Å². The van der Waals surface area contributed by atoms with Gasteiger partial charge in [-0.15, -0.1) is 0 Å². The summed E-state index contributed by atoms with van der Waals surface area (Å²) >= 11 is 0. The zero-order valence-corrected chi connectivity index (χ0v) is 32.1. The standard InChI is InChI=1S/C56H36N2O/c1-3-15-37(16-4-1)40-22-11-24-44(33-40)57(51-29-14-30-53-55(51)47-32-31-39-19-9-10-26-46(39)56(47)59-53)49-27-13-28-50-54(49)48-35-42-20-7-8-21-43(42)36-52(48)58(50)45-25-12-23-41(34-45)38-17-5-2-6-18-38/h1-36H. The van der Waals surface area contributed by atoms with Crippen molar-refractivity contribution in [2.45, 2.75) is 0 Å². The third-order valence-electron chi connectivity index (χ3n) is 11.9. The monoisotopic (exact) mass is 752 g/mol. The van der Waals surface area contributed by atoms with Crippen LogP contribution in [0.4, 0.5) is 17.1 Å². The minimum atomic E-state index is 0.858. The normalized spacial score (nSPS) is 11.7. The van der Waals surface area contributed by atoms with Gasteiger partial charge in [0.25, 0.3) is 0 Å². The molecule has 0 unspecified atom stereocenters. The van der Waals surface area contributed by atoms with Crippen LogP contribution in [0.25, 0.3) is 93.2 Å². The highest BCUT2D eigenvalue weighted by atomic mass is 16.3. The Bertz CT molecular complexity index is 3560. The lowest BCUT2D eigenvalue weighted by Crippen LogP contribution is -2.11. The first-order chi connectivity index (χ1) is 29.3. The number of hydrogen-bond acceptors (Lipinski definition) is 2. The van der Waals surface area contributed by atoms with Gasteiger partial charge in [0, 0.05) is 32.9 Å². The highest BCUT2D eigenvalue weighted by molar-refractivity contribution is 6.23. The summed E-state index contributed by atoms with van der Waals surface area (Å²) in [5, 5.41) is 9.24. The third kappa shape index (κ3) is 5.36. The van der Waals surface area contributed by atoms with E-state index in [1.54, 1.807) is 0 Å². The molecular formula is C56H36N2O. The molecule has 0 radical (unpaired) electrons. The predicted octanol–water partition coefficient (Wildman–Crippen LogP) is 15.8. The number of aromatic nitrogens is 1. The Kier molecular flexibility index (Phi) is 7.54. The Labute approximate surface area is 341 Å². The number of rotatable bonds is 6. The summed E-state index contributed by atoms with van der Waals surface area (Å²) in [6.07, 6.45) is 0. The van der Waals surface area contributed by atoms with Crippen LogP contribution in [0.2, 0.25) is 0 Å². The lowest BCUT2D eigenvalue weighted by molar-refractivity contribution is 0.672. The first kappa shape index (κ1) is 33.3. The van der Waals surface area contributed by atoms with Crippen molar-refractivity contribution in [1.82, 2.24) is 4.57 Å². The SMILES string of the molecule is c1ccc(-c2cccc(N(c3cccc4oc5c6ccccc6ccc5c34)c3cccc4c3c3cc5ccccc5cc3n4-c3cccc(-c4ccccc4)c3)c2)cc1. The molecule has 12 aromatic rings. The van der Waals surface area contributed by atoms with Crippen molar-refractivity contribution < 1.29 is 4.42 Å². The van der Waals surface area contributed by atoms with E-state index in [0.717, 1.165) is 72.1 Å². The molecule has 2 heterocycles. The quantitative estimate of drug-likeness (QED) is 0.169. The van der Waals surface area contributed by atoms with Crippen LogP contribution in [0.1, 0.15) is 0 Å². The van der Waals surface area contributed by atoms with Crippen LogP contribution in [0.5, 0.6) is 0 Å². The van der Waals surface area contributed by atoms with E-state index in [4.69, 9.17) is 4.42 Å². The van der Waals surface area contributed by atoms with E-state index in [1.807, 2.05) is 0 Å². The molecule has 0 aliphatic heterocycles. The fourth-order valence-electron chi connectivity index (χ4n) is 9.24. The van der Waals surface area contributed by atoms with Gasteiger partial charge in [-0.2, -0.15) is 0 Å². The predicted molar refractivity (Wildman–Crippen MR) is 249 cm³/mol. The average molecular weight is 753 g/mol. The maximum atomic E-state index is 6.81. The Morgan fingerprint density at radius 3 is 1.75 bits per heavy atom. The van der Waals surface area contributed by atoms with Crippen molar-refractivity contribution in [1.29, 1.82) is 0 Å². The summed E-state index contributed by atoms with van der Waals surface area (Å²) in [6, 6.07) is 78.8. The zero-order valence-electron chi connectivity index (χ0n) is 32.1. The lowest BCUT2D eigenvalue weighted by atomic mass is 10.0. The van der Waals surface area contributed by atoms with E-state index in [1.165, 1.54) is 38.2 Å². The molecule has 3 nitrogen and oxygen atoms in total. The summed E-state index contributed by atoms with van der Waals surface area (Å²) in [6.45, 7) is 0. The fraction of sp³-hybridized carbons (Fsp3) is 0. The summed E-state index contributed by atoms with van der Waals surface area (Å²) in [7, 11) is 0. The molecule has 0 atom stereocenters. The molecule has 0 amide bonds. The van der Waals surface area contributed by atoms with E-state index in [0.29, 0.717) is 0 Å². The Balaban J connectivity index is 1.19. The molecule has 0 fully saturated rings. The first-order valence-electron chi connectivity index (χ1n) is 20.2. The second kappa shape index (κ2) is 13.4. The smallest absolute Gasteiger partial charge is 0.143 e. The Morgan fingerprint density at radius 1 is 0.356 bits per heavy atom. The van der Waals surface area contributed by atoms with Gasteiger partial charge in [0.15, 0.2) is 0 Å². The fourth-order valence-corrected chi connectivity index (χ4v) is 9.24. The average Bonchev–Trinajstić information content (AvgIpc) is 3.86. The molecule has 0 N–H and O–H groups in total. The van der Waals surface area contributed by atoms with E-state index in [2.05, 4.69) is 228 Å². The van der Waals surface area contributed by atoms with Crippen LogP contribution in [-0.4, -0.2) is 4.57 Å². The second-order valence-electron chi connectivity index (χ2n) is 15.3. The number of nitrogens with zero attached hydrogens (tertiary/aromatic N) is 2. The third-order valence-corrected chi connectivity index (χ3v) is 11.9. The molecule has 3 heteroatoms. The van der Waals surface area contributed by atoms with Crippen molar-refractivity contribution in [2.24, 2.45) is 0 Å². The zero-order chi connectivity index (χ0) is 38.9. The molecule has 59 heavy (non-hydrogen) atoms. The van der Waals surface area contributed by atoms with Crippen molar-refractivity contribution in [3.63, 3.8) is 0 Å². The van der Waals surface area contributed by atoms with Gasteiger partial charge < -0.3 is 13.9 Å². The summed E-state index contributed by atoms with van der Waals surface area (Å²) in [5.74, 6) is 0. The number of furan rings is 1. The summed E-state index contributed by atoms with van der Waals surface area (Å²) in [4.78, 5) is 2.46. The van der Waals surface area contributed by atoms with Crippen molar-refractivity contribution in [2.75, 3.05) is 4.90 Å². The van der Waals surface area contributed by atoms with E-state index >= 15 is 0 Å². The number of benzene rings is 10. The minimum Gasteiger partial charge on any atom is -0.455 e. The molecule has 0 saturated carbocycles. The minimum absolute atomic E-state index is 0.858. The number of fused-ring (bicyclic) bond motifs is 9. The van der Waals surface area contributed by atoms with E-state index in [9.17, 15) is 0 Å². The van der Waals surface area contributed by atoms with Gasteiger partial charge in [-0.05, 0) is 105 Å². The molecule has 10 aromatic carbocycles. The van der Waals surface area contributed by atoms with Crippen LogP contribution >= 0.6 is 0 Å². The molecule has 0 spiro atoms. The molecule has 276 valence electrons. The van der Waals surface area contributed by atoms with Crippen molar-refractivity contribution in [3.05, 3.63) is 218 Å². The molecule has 0 aliphatic carbocycles. The van der Waals surface area contributed by atoms with Crippen LogP contribution in [0.3, 0.4) is 0 Å². The summed E-state index contributed by atoms with van der Waals surface area (Å²) < 4.78 is 9.26. The van der Waals surface area contributed by atoms with Crippen LogP contribution in [-0.2, 0) is 0 Å². The Hall–Kier alpha value is -7.88. The van der Waals surface area contributed by atoms with Gasteiger partial charge in [-0.25, -0.2) is 0 Å². The Morgan fingerprint density at radius 2 is 0.966 bits per heavy atom. The molecule has 0 saturated heterocycles. The van der Waals surface area contributed by atoms with Crippen LogP contribution in [0, 0.1) is 0 Å². The summed E-state index contributed by atoms with van der Waals surface area (Å²) in [5.41, 5.74) is 13.1. The van der Waals surface area contributed by atoms with Gasteiger partial charge in [0.1, 0.15) is 11.2 Å². The van der Waals surface area contributed by atoms with Gasteiger partial charge in [-0.1, -0.05) is 152 Å². The van der Waals surface area contributed by atoms with E-state index < -0.39 is 0 Å².